The molecule has 0 atom stereocenters. The van der Waals surface area contributed by atoms with Gasteiger partial charge in [-0.2, -0.15) is 0 Å². The Labute approximate surface area is 447 Å². The molecule has 5 heteroatoms. The summed E-state index contributed by atoms with van der Waals surface area (Å²) in [6.45, 7) is 0. The molecule has 2 aliphatic heterocycles. The van der Waals surface area contributed by atoms with Gasteiger partial charge in [-0.25, -0.2) is 15.0 Å². The van der Waals surface area contributed by atoms with E-state index >= 15 is 0 Å². The van der Waals surface area contributed by atoms with Crippen LogP contribution < -0.4 is 9.64 Å². The number of rotatable bonds is 4. The van der Waals surface area contributed by atoms with Gasteiger partial charge in [0.2, 0.25) is 0 Å². The van der Waals surface area contributed by atoms with Crippen LogP contribution in [0.1, 0.15) is 66.8 Å². The van der Waals surface area contributed by atoms with Crippen molar-refractivity contribution >= 4 is 17.1 Å². The van der Waals surface area contributed by atoms with Gasteiger partial charge >= 0.3 is 0 Å². The summed E-state index contributed by atoms with van der Waals surface area (Å²) in [5, 5.41) is 0. The molecule has 0 unspecified atom stereocenters. The SMILES string of the molecule is c1ccc(-c2nc(-c3ccccc3)nc(-c3ccc(N4c5ccccc5C5(c6ccccc64)c4ccccc4C4(c6ccccc6C6(c7ccccc7Oc7ccccc76)c6ccccc64)c4ccccc45)cc3)n2)cc1. The van der Waals surface area contributed by atoms with Crippen molar-refractivity contribution in [3.8, 4) is 45.7 Å². The maximum atomic E-state index is 6.82. The Balaban J connectivity index is 0.917. The molecule has 360 valence electrons. The molecule has 16 rings (SSSR count). The molecule has 0 saturated heterocycles. The number of nitrogens with zero attached hydrogens (tertiary/aromatic N) is 4. The van der Waals surface area contributed by atoms with Crippen LogP contribution in [0.5, 0.6) is 11.5 Å². The van der Waals surface area contributed by atoms with Crippen molar-refractivity contribution in [2.24, 2.45) is 0 Å². The summed E-state index contributed by atoms with van der Waals surface area (Å²) in [5.74, 6) is 3.65. The number of anilines is 3. The molecule has 2 aliphatic carbocycles. The van der Waals surface area contributed by atoms with Crippen LogP contribution in [-0.4, -0.2) is 15.0 Å². The van der Waals surface area contributed by atoms with E-state index in [0.29, 0.717) is 17.5 Å². The van der Waals surface area contributed by atoms with E-state index in [1.54, 1.807) is 0 Å². The number of para-hydroxylation sites is 4. The summed E-state index contributed by atoms with van der Waals surface area (Å²) in [4.78, 5) is 17.6. The molecule has 3 heterocycles. The van der Waals surface area contributed by atoms with Crippen LogP contribution in [0.25, 0.3) is 34.2 Å². The van der Waals surface area contributed by atoms with Gasteiger partial charge in [0.25, 0.3) is 0 Å². The van der Waals surface area contributed by atoms with Gasteiger partial charge in [-0.1, -0.05) is 231 Å². The van der Waals surface area contributed by atoms with Crippen molar-refractivity contribution in [1.82, 2.24) is 15.0 Å². The fourth-order valence-corrected chi connectivity index (χ4v) is 14.1. The number of benzene rings is 11. The van der Waals surface area contributed by atoms with Gasteiger partial charge in [0.1, 0.15) is 11.5 Å². The first-order valence-corrected chi connectivity index (χ1v) is 26.4. The minimum atomic E-state index is -0.717. The largest absolute Gasteiger partial charge is 0.457 e. The summed E-state index contributed by atoms with van der Waals surface area (Å²) < 4.78 is 6.82. The van der Waals surface area contributed by atoms with E-state index in [-0.39, 0.29) is 0 Å². The van der Waals surface area contributed by atoms with Crippen LogP contribution in [0.3, 0.4) is 0 Å². The van der Waals surface area contributed by atoms with Crippen LogP contribution in [0.2, 0.25) is 0 Å². The average Bonchev–Trinajstić information content (AvgIpc) is 3.64. The Hall–Kier alpha value is -9.97. The van der Waals surface area contributed by atoms with E-state index in [2.05, 4.69) is 223 Å². The topological polar surface area (TPSA) is 51.1 Å². The second kappa shape index (κ2) is 16.5. The van der Waals surface area contributed by atoms with E-state index in [1.807, 2.05) is 60.7 Å². The lowest BCUT2D eigenvalue weighted by Crippen LogP contribution is -2.52. The summed E-state index contributed by atoms with van der Waals surface area (Å²) in [6.07, 6.45) is 0. The van der Waals surface area contributed by atoms with Gasteiger partial charge in [0.15, 0.2) is 17.5 Å². The molecule has 5 nitrogen and oxygen atoms in total. The fourth-order valence-electron chi connectivity index (χ4n) is 14.1. The van der Waals surface area contributed by atoms with Gasteiger partial charge in [-0.15, -0.1) is 0 Å². The number of hydrogen-bond donors (Lipinski definition) is 0. The molecule has 0 amide bonds. The van der Waals surface area contributed by atoms with E-state index in [1.165, 1.54) is 55.6 Å². The highest BCUT2D eigenvalue weighted by Crippen LogP contribution is 2.69. The van der Waals surface area contributed by atoms with Crippen LogP contribution in [0, 0.1) is 0 Å². The lowest BCUT2D eigenvalue weighted by Gasteiger charge is -2.57. The standard InChI is InChI=1S/C72H46N4O/c1-3-23-47(24-4-1)67-73-68(48-25-5-2-6-26-48)75-69(74-67)49-43-45-50(46-44-49)76-63-39-19-15-35-59(63)71(60-36-16-20-40-64(60)76)55-31-11-7-27-51(55)70(52-28-8-12-32-56(52)71)53-29-9-13-33-57(53)72(58-34-14-10-30-54(58)70)61-37-17-21-41-65(61)77-66-42-22-18-38-62(66)72/h1-46H. The molecule has 0 radical (unpaired) electrons. The molecule has 0 fully saturated rings. The second-order valence-electron chi connectivity index (χ2n) is 20.5. The zero-order chi connectivity index (χ0) is 50.7. The van der Waals surface area contributed by atoms with Gasteiger partial charge in [0.05, 0.1) is 27.6 Å². The third-order valence-corrected chi connectivity index (χ3v) is 16.9. The first-order valence-electron chi connectivity index (χ1n) is 26.4. The van der Waals surface area contributed by atoms with Gasteiger partial charge in [-0.05, 0) is 104 Å². The quantitative estimate of drug-likeness (QED) is 0.176. The van der Waals surface area contributed by atoms with Crippen molar-refractivity contribution in [1.29, 1.82) is 0 Å². The number of fused-ring (bicyclic) bond motifs is 20. The monoisotopic (exact) mass is 982 g/mol. The molecule has 0 bridgehead atoms. The summed E-state index contributed by atoms with van der Waals surface area (Å²) in [7, 11) is 0. The van der Waals surface area contributed by atoms with Crippen molar-refractivity contribution in [3.05, 3.63) is 346 Å². The Morgan fingerprint density at radius 3 is 0.857 bits per heavy atom. The predicted molar refractivity (Wildman–Crippen MR) is 306 cm³/mol. The van der Waals surface area contributed by atoms with Crippen LogP contribution in [-0.2, 0) is 16.2 Å². The van der Waals surface area contributed by atoms with E-state index in [9.17, 15) is 0 Å². The van der Waals surface area contributed by atoms with E-state index < -0.39 is 16.2 Å². The summed E-state index contributed by atoms with van der Waals surface area (Å²) in [5.41, 5.74) is 18.8. The maximum absolute atomic E-state index is 6.82. The molecule has 3 spiro atoms. The van der Waals surface area contributed by atoms with Crippen LogP contribution in [0.4, 0.5) is 17.1 Å². The first-order chi connectivity index (χ1) is 38.2. The second-order valence-corrected chi connectivity index (χ2v) is 20.5. The highest BCUT2D eigenvalue weighted by Gasteiger charge is 2.62. The Bertz CT molecular complexity index is 4090. The Morgan fingerprint density at radius 2 is 0.494 bits per heavy atom. The average molecular weight is 983 g/mol. The van der Waals surface area contributed by atoms with Crippen molar-refractivity contribution in [2.75, 3.05) is 4.90 Å². The third-order valence-electron chi connectivity index (χ3n) is 16.9. The van der Waals surface area contributed by atoms with Crippen molar-refractivity contribution in [2.45, 2.75) is 16.2 Å². The number of ether oxygens (including phenoxy) is 1. The van der Waals surface area contributed by atoms with Crippen LogP contribution >= 0.6 is 0 Å². The first kappa shape index (κ1) is 43.4. The third kappa shape index (κ3) is 5.80. The molecule has 1 aromatic heterocycles. The Kier molecular flexibility index (Phi) is 9.32. The smallest absolute Gasteiger partial charge is 0.164 e. The molecule has 12 aromatic rings. The molecular formula is C72H46N4O. The van der Waals surface area contributed by atoms with Crippen LogP contribution in [0.15, 0.2) is 279 Å². The molecule has 0 N–H and O–H groups in total. The zero-order valence-corrected chi connectivity index (χ0v) is 41.8. The van der Waals surface area contributed by atoms with Gasteiger partial charge in [-0.3, -0.25) is 0 Å². The normalized spacial score (nSPS) is 14.9. The van der Waals surface area contributed by atoms with Crippen molar-refractivity contribution in [3.63, 3.8) is 0 Å². The molecule has 0 saturated carbocycles. The minimum Gasteiger partial charge on any atom is -0.457 e. The molecule has 77 heavy (non-hydrogen) atoms. The zero-order valence-electron chi connectivity index (χ0n) is 41.8. The lowest BCUT2D eigenvalue weighted by atomic mass is 9.45. The summed E-state index contributed by atoms with van der Waals surface area (Å²) >= 11 is 0. The summed E-state index contributed by atoms with van der Waals surface area (Å²) in [6, 6.07) is 102. The van der Waals surface area contributed by atoms with E-state index in [0.717, 1.165) is 56.4 Å². The fraction of sp³-hybridized carbons (Fsp3) is 0.0417. The molecular weight excluding hydrogens is 937 g/mol. The van der Waals surface area contributed by atoms with E-state index in [4.69, 9.17) is 19.7 Å². The highest BCUT2D eigenvalue weighted by atomic mass is 16.5. The maximum Gasteiger partial charge on any atom is 0.164 e. The highest BCUT2D eigenvalue weighted by molar-refractivity contribution is 5.93. The van der Waals surface area contributed by atoms with Crippen molar-refractivity contribution < 1.29 is 4.74 Å². The molecule has 11 aromatic carbocycles. The van der Waals surface area contributed by atoms with Gasteiger partial charge < -0.3 is 9.64 Å². The lowest BCUT2D eigenvalue weighted by molar-refractivity contribution is 0.427. The van der Waals surface area contributed by atoms with Gasteiger partial charge in [0, 0.05) is 33.5 Å². The number of aromatic nitrogens is 3. The Morgan fingerprint density at radius 1 is 0.234 bits per heavy atom. The predicted octanol–water partition coefficient (Wildman–Crippen LogP) is 16.5. The number of hydrogen-bond acceptors (Lipinski definition) is 5. The molecule has 4 aliphatic rings. The minimum absolute atomic E-state index is 0.619.